The first-order valence-electron chi connectivity index (χ1n) is 8.03. The Morgan fingerprint density at radius 3 is 2.83 bits per heavy atom. The van der Waals surface area contributed by atoms with Crippen LogP contribution in [-0.2, 0) is 13.1 Å². The maximum absolute atomic E-state index is 13.6. The maximum Gasteiger partial charge on any atom is 0.191 e. The van der Waals surface area contributed by atoms with Gasteiger partial charge in [-0.2, -0.15) is 5.10 Å². The second-order valence-corrected chi connectivity index (χ2v) is 5.49. The van der Waals surface area contributed by atoms with Crippen LogP contribution in [0.5, 0.6) is 0 Å². The Hall–Kier alpha value is -2.44. The molecular formula is C17H23F2N5. The number of guanidine groups is 1. The number of hydrogen-bond donors (Lipinski definition) is 2. The summed E-state index contributed by atoms with van der Waals surface area (Å²) in [6.07, 6.45) is 4.69. The van der Waals surface area contributed by atoms with Crippen molar-refractivity contribution >= 4 is 5.96 Å². The van der Waals surface area contributed by atoms with Gasteiger partial charge < -0.3 is 10.6 Å². The minimum Gasteiger partial charge on any atom is -0.357 e. The van der Waals surface area contributed by atoms with Gasteiger partial charge in [0.1, 0.15) is 11.6 Å². The molecule has 5 nitrogen and oxygen atoms in total. The van der Waals surface area contributed by atoms with E-state index in [0.29, 0.717) is 19.0 Å². The quantitative estimate of drug-likeness (QED) is 0.465. The van der Waals surface area contributed by atoms with Crippen LogP contribution in [0.2, 0.25) is 0 Å². The van der Waals surface area contributed by atoms with Crippen molar-refractivity contribution in [1.82, 2.24) is 20.4 Å². The van der Waals surface area contributed by atoms with Gasteiger partial charge in [-0.3, -0.25) is 4.68 Å². The number of benzene rings is 1. The van der Waals surface area contributed by atoms with Gasteiger partial charge in [-0.25, -0.2) is 13.8 Å². The Morgan fingerprint density at radius 2 is 2.12 bits per heavy atom. The first-order valence-corrected chi connectivity index (χ1v) is 8.03. The summed E-state index contributed by atoms with van der Waals surface area (Å²) in [4.78, 5) is 4.30. The summed E-state index contributed by atoms with van der Waals surface area (Å²) in [5.74, 6) is -0.336. The number of hydrogen-bond acceptors (Lipinski definition) is 2. The topological polar surface area (TPSA) is 54.2 Å². The fourth-order valence-corrected chi connectivity index (χ4v) is 2.21. The Morgan fingerprint density at radius 1 is 1.29 bits per heavy atom. The van der Waals surface area contributed by atoms with Crippen molar-refractivity contribution in [3.05, 3.63) is 53.4 Å². The van der Waals surface area contributed by atoms with Crippen LogP contribution in [0.1, 0.15) is 24.5 Å². The Bertz CT molecular complexity index is 681. The third-order valence-corrected chi connectivity index (χ3v) is 3.38. The molecule has 0 saturated carbocycles. The van der Waals surface area contributed by atoms with Crippen LogP contribution in [-0.4, -0.2) is 28.8 Å². The average molecular weight is 335 g/mol. The molecule has 7 heteroatoms. The monoisotopic (exact) mass is 335 g/mol. The fourth-order valence-electron chi connectivity index (χ4n) is 2.21. The molecular weight excluding hydrogens is 312 g/mol. The molecule has 1 aromatic heterocycles. The second-order valence-electron chi connectivity index (χ2n) is 5.49. The van der Waals surface area contributed by atoms with E-state index >= 15 is 0 Å². The van der Waals surface area contributed by atoms with Gasteiger partial charge in [0.25, 0.3) is 0 Å². The number of rotatable bonds is 7. The number of halogens is 2. The molecule has 0 radical (unpaired) electrons. The molecule has 0 spiro atoms. The molecule has 2 aromatic rings. The Labute approximate surface area is 140 Å². The van der Waals surface area contributed by atoms with E-state index in [9.17, 15) is 8.78 Å². The number of aromatic nitrogens is 2. The van der Waals surface area contributed by atoms with Crippen LogP contribution >= 0.6 is 0 Å². The molecule has 0 atom stereocenters. The largest absolute Gasteiger partial charge is 0.357 e. The van der Waals surface area contributed by atoms with E-state index in [1.54, 1.807) is 0 Å². The lowest BCUT2D eigenvalue weighted by atomic mass is 10.2. The smallest absolute Gasteiger partial charge is 0.191 e. The zero-order chi connectivity index (χ0) is 17.4. The maximum atomic E-state index is 13.6. The normalized spacial score (nSPS) is 11.6. The Kier molecular flexibility index (Phi) is 6.72. The number of nitrogens with zero attached hydrogens (tertiary/aromatic N) is 3. The van der Waals surface area contributed by atoms with Crippen molar-refractivity contribution in [3.8, 4) is 0 Å². The lowest BCUT2D eigenvalue weighted by Crippen LogP contribution is -2.38. The summed E-state index contributed by atoms with van der Waals surface area (Å²) in [7, 11) is 0. The first-order chi connectivity index (χ1) is 11.6. The van der Waals surface area contributed by atoms with Gasteiger partial charge in [-0.1, -0.05) is 0 Å². The molecule has 0 unspecified atom stereocenters. The van der Waals surface area contributed by atoms with Crippen molar-refractivity contribution in [2.45, 2.75) is 33.4 Å². The third-order valence-electron chi connectivity index (χ3n) is 3.38. The summed E-state index contributed by atoms with van der Waals surface area (Å²) in [6.45, 7) is 6.23. The summed E-state index contributed by atoms with van der Waals surface area (Å²) < 4.78 is 28.7. The predicted octanol–water partition coefficient (Wildman–Crippen LogP) is 2.62. The van der Waals surface area contributed by atoms with E-state index in [1.807, 2.05) is 30.9 Å². The van der Waals surface area contributed by atoms with Gasteiger partial charge in [0.2, 0.25) is 0 Å². The minimum atomic E-state index is -0.464. The highest BCUT2D eigenvalue weighted by molar-refractivity contribution is 5.79. The standard InChI is InChI=1S/C17H23F2N5/c1-3-20-17(21-7-4-8-24-12-13(2)10-23-24)22-11-14-9-15(18)5-6-16(14)19/h5-6,9-10,12H,3-4,7-8,11H2,1-2H3,(H2,20,21,22). The van der Waals surface area contributed by atoms with Crippen LogP contribution in [0.3, 0.4) is 0 Å². The molecule has 0 aliphatic rings. The van der Waals surface area contributed by atoms with Crippen LogP contribution < -0.4 is 10.6 Å². The molecule has 0 fully saturated rings. The van der Waals surface area contributed by atoms with E-state index in [2.05, 4.69) is 20.7 Å². The third kappa shape index (κ3) is 5.64. The van der Waals surface area contributed by atoms with Crippen molar-refractivity contribution in [2.24, 2.45) is 4.99 Å². The van der Waals surface area contributed by atoms with E-state index in [-0.39, 0.29) is 12.1 Å². The lowest BCUT2D eigenvalue weighted by Gasteiger charge is -2.11. The van der Waals surface area contributed by atoms with Crippen molar-refractivity contribution in [2.75, 3.05) is 13.1 Å². The molecule has 0 amide bonds. The number of nitrogens with one attached hydrogen (secondary N) is 2. The number of aryl methyl sites for hydroxylation is 2. The van der Waals surface area contributed by atoms with Crippen molar-refractivity contribution in [1.29, 1.82) is 0 Å². The first kappa shape index (κ1) is 17.9. The van der Waals surface area contributed by atoms with Crippen LogP contribution in [0.25, 0.3) is 0 Å². The van der Waals surface area contributed by atoms with Crippen LogP contribution in [0.15, 0.2) is 35.6 Å². The van der Waals surface area contributed by atoms with Crippen LogP contribution in [0.4, 0.5) is 8.78 Å². The zero-order valence-electron chi connectivity index (χ0n) is 14.0. The SMILES string of the molecule is CCNC(=NCc1cc(F)ccc1F)NCCCn1cc(C)cn1. The summed E-state index contributed by atoms with van der Waals surface area (Å²) >= 11 is 0. The molecule has 0 bridgehead atoms. The predicted molar refractivity (Wildman–Crippen MR) is 90.8 cm³/mol. The van der Waals surface area contributed by atoms with E-state index in [4.69, 9.17) is 0 Å². The molecule has 0 aliphatic heterocycles. The molecule has 24 heavy (non-hydrogen) atoms. The van der Waals surface area contributed by atoms with E-state index in [0.717, 1.165) is 30.7 Å². The molecule has 130 valence electrons. The van der Waals surface area contributed by atoms with Gasteiger partial charge in [-0.05, 0) is 44.0 Å². The van der Waals surface area contributed by atoms with Gasteiger partial charge >= 0.3 is 0 Å². The minimum absolute atomic E-state index is 0.0806. The molecule has 2 N–H and O–H groups in total. The highest BCUT2D eigenvalue weighted by Gasteiger charge is 2.04. The molecule has 0 saturated heterocycles. The zero-order valence-corrected chi connectivity index (χ0v) is 14.0. The molecule has 1 heterocycles. The summed E-state index contributed by atoms with van der Waals surface area (Å²) in [5.41, 5.74) is 1.37. The average Bonchev–Trinajstić information content (AvgIpc) is 2.97. The highest BCUT2D eigenvalue weighted by atomic mass is 19.1. The number of aliphatic imine (C=N–C) groups is 1. The fraction of sp³-hybridized carbons (Fsp3) is 0.412. The van der Waals surface area contributed by atoms with Crippen molar-refractivity contribution < 1.29 is 8.78 Å². The Balaban J connectivity index is 1.85. The van der Waals surface area contributed by atoms with E-state index < -0.39 is 11.6 Å². The van der Waals surface area contributed by atoms with Crippen LogP contribution in [0, 0.1) is 18.6 Å². The van der Waals surface area contributed by atoms with Gasteiger partial charge in [0, 0.05) is 31.4 Å². The highest BCUT2D eigenvalue weighted by Crippen LogP contribution is 2.10. The molecule has 1 aromatic carbocycles. The molecule has 2 rings (SSSR count). The van der Waals surface area contributed by atoms with Gasteiger partial charge in [0.05, 0.1) is 12.7 Å². The summed E-state index contributed by atoms with van der Waals surface area (Å²) in [5, 5.41) is 10.5. The van der Waals surface area contributed by atoms with E-state index in [1.165, 1.54) is 6.07 Å². The van der Waals surface area contributed by atoms with Crippen molar-refractivity contribution in [3.63, 3.8) is 0 Å². The van der Waals surface area contributed by atoms with Gasteiger partial charge in [0.15, 0.2) is 5.96 Å². The summed E-state index contributed by atoms with van der Waals surface area (Å²) in [6, 6.07) is 3.39. The lowest BCUT2D eigenvalue weighted by molar-refractivity contribution is 0.569. The van der Waals surface area contributed by atoms with Gasteiger partial charge in [-0.15, -0.1) is 0 Å². The molecule has 0 aliphatic carbocycles. The second kappa shape index (κ2) is 9.00.